The fourth-order valence-corrected chi connectivity index (χ4v) is 3.51. The van der Waals surface area contributed by atoms with E-state index in [1.165, 1.54) is 24.9 Å². The largest absolute Gasteiger partial charge is 0.371 e. The van der Waals surface area contributed by atoms with Gasteiger partial charge in [0.25, 0.3) is 5.91 Å². The molecule has 1 aliphatic rings. The van der Waals surface area contributed by atoms with Gasteiger partial charge in [-0.1, -0.05) is 24.3 Å². The van der Waals surface area contributed by atoms with E-state index >= 15 is 0 Å². The fraction of sp³-hybridized carbons (Fsp3) is 0.333. The molecule has 0 spiro atoms. The molecule has 0 aliphatic carbocycles. The zero-order valence-corrected chi connectivity index (χ0v) is 15.6. The van der Waals surface area contributed by atoms with Crippen molar-refractivity contribution in [3.63, 3.8) is 0 Å². The van der Waals surface area contributed by atoms with Gasteiger partial charge in [0.1, 0.15) is 0 Å². The van der Waals surface area contributed by atoms with E-state index in [2.05, 4.69) is 22.3 Å². The van der Waals surface area contributed by atoms with Crippen molar-refractivity contribution in [2.24, 2.45) is 5.73 Å². The van der Waals surface area contributed by atoms with E-state index < -0.39 is 6.03 Å². The molecular weight excluding hydrogens is 340 g/mol. The molecule has 6 heteroatoms. The summed E-state index contributed by atoms with van der Waals surface area (Å²) < 4.78 is 0. The Kier molecular flexibility index (Phi) is 5.96. The average Bonchev–Trinajstić information content (AvgIpc) is 2.68. The Morgan fingerprint density at radius 1 is 1.07 bits per heavy atom. The standard InChI is InChI=1S/C21H26N4O2/c1-24(20(26)16-9-7-10-18(14-16)23-21(22)27)15-17-8-3-4-11-19(17)25-12-5-2-6-13-25/h3-4,7-11,14H,2,5-6,12-13,15H2,1H3,(H3,22,23,27). The first-order valence-corrected chi connectivity index (χ1v) is 9.29. The highest BCUT2D eigenvalue weighted by Crippen LogP contribution is 2.25. The van der Waals surface area contributed by atoms with Gasteiger partial charge in [-0.15, -0.1) is 0 Å². The lowest BCUT2D eigenvalue weighted by Crippen LogP contribution is -2.32. The molecule has 3 amide bonds. The van der Waals surface area contributed by atoms with E-state index in [0.29, 0.717) is 17.8 Å². The van der Waals surface area contributed by atoms with Gasteiger partial charge in [-0.25, -0.2) is 4.79 Å². The van der Waals surface area contributed by atoms with E-state index in [4.69, 9.17) is 5.73 Å². The lowest BCUT2D eigenvalue weighted by molar-refractivity contribution is 0.0785. The van der Waals surface area contributed by atoms with Gasteiger partial charge in [-0.05, 0) is 49.1 Å². The van der Waals surface area contributed by atoms with E-state index in [1.54, 1.807) is 36.2 Å². The van der Waals surface area contributed by atoms with Crippen LogP contribution in [-0.2, 0) is 6.54 Å². The van der Waals surface area contributed by atoms with Crippen molar-refractivity contribution in [3.05, 3.63) is 59.7 Å². The number of primary amides is 1. The number of hydrogen-bond acceptors (Lipinski definition) is 3. The predicted molar refractivity (Wildman–Crippen MR) is 108 cm³/mol. The molecule has 0 unspecified atom stereocenters. The zero-order valence-electron chi connectivity index (χ0n) is 15.6. The Bertz CT molecular complexity index is 815. The Balaban J connectivity index is 1.74. The second-order valence-corrected chi connectivity index (χ2v) is 6.91. The molecule has 0 atom stereocenters. The third kappa shape index (κ3) is 4.78. The topological polar surface area (TPSA) is 78.7 Å². The zero-order chi connectivity index (χ0) is 19.2. The molecule has 1 fully saturated rings. The molecule has 27 heavy (non-hydrogen) atoms. The van der Waals surface area contributed by atoms with Crippen molar-refractivity contribution in [1.82, 2.24) is 4.90 Å². The van der Waals surface area contributed by atoms with Gasteiger partial charge in [0.05, 0.1) is 0 Å². The van der Waals surface area contributed by atoms with Crippen LogP contribution in [-0.4, -0.2) is 37.0 Å². The summed E-state index contributed by atoms with van der Waals surface area (Å²) in [7, 11) is 1.80. The number of nitrogens with zero attached hydrogens (tertiary/aromatic N) is 2. The Morgan fingerprint density at radius 2 is 1.81 bits per heavy atom. The van der Waals surface area contributed by atoms with Gasteiger partial charge < -0.3 is 20.9 Å². The Morgan fingerprint density at radius 3 is 2.56 bits per heavy atom. The molecule has 2 aromatic carbocycles. The highest BCUT2D eigenvalue weighted by molar-refractivity contribution is 5.96. The molecule has 1 heterocycles. The quantitative estimate of drug-likeness (QED) is 0.851. The van der Waals surface area contributed by atoms with Crippen molar-refractivity contribution < 1.29 is 9.59 Å². The minimum Gasteiger partial charge on any atom is -0.371 e. The molecular formula is C21H26N4O2. The number of nitrogens with one attached hydrogen (secondary N) is 1. The first-order valence-electron chi connectivity index (χ1n) is 9.29. The molecule has 0 radical (unpaired) electrons. The number of urea groups is 1. The minimum atomic E-state index is -0.650. The summed E-state index contributed by atoms with van der Waals surface area (Å²) >= 11 is 0. The highest BCUT2D eigenvalue weighted by Gasteiger charge is 2.18. The molecule has 6 nitrogen and oxygen atoms in total. The molecule has 2 aromatic rings. The number of piperidine rings is 1. The maximum Gasteiger partial charge on any atom is 0.316 e. The lowest BCUT2D eigenvalue weighted by Gasteiger charge is -2.31. The summed E-state index contributed by atoms with van der Waals surface area (Å²) in [5, 5.41) is 2.50. The maximum atomic E-state index is 12.8. The molecule has 1 saturated heterocycles. The number of carbonyl (C=O) groups is 2. The van der Waals surface area contributed by atoms with Crippen molar-refractivity contribution in [2.45, 2.75) is 25.8 Å². The lowest BCUT2D eigenvalue weighted by atomic mass is 10.1. The van der Waals surface area contributed by atoms with Gasteiger partial charge in [-0.2, -0.15) is 0 Å². The first kappa shape index (κ1) is 18.8. The van der Waals surface area contributed by atoms with Crippen LogP contribution in [0.4, 0.5) is 16.2 Å². The van der Waals surface area contributed by atoms with Gasteiger partial charge in [0.15, 0.2) is 0 Å². The number of hydrogen-bond donors (Lipinski definition) is 2. The highest BCUT2D eigenvalue weighted by atomic mass is 16.2. The van der Waals surface area contributed by atoms with Gasteiger partial charge in [0, 0.05) is 43.6 Å². The van der Waals surface area contributed by atoms with Crippen LogP contribution in [0.5, 0.6) is 0 Å². The smallest absolute Gasteiger partial charge is 0.316 e. The number of nitrogens with two attached hydrogens (primary N) is 1. The van der Waals surface area contributed by atoms with Crippen LogP contribution in [0.2, 0.25) is 0 Å². The van der Waals surface area contributed by atoms with Crippen molar-refractivity contribution >= 4 is 23.3 Å². The van der Waals surface area contributed by atoms with Gasteiger partial charge in [0.2, 0.25) is 0 Å². The predicted octanol–water partition coefficient (Wildman–Crippen LogP) is 3.44. The van der Waals surface area contributed by atoms with Crippen LogP contribution in [0.3, 0.4) is 0 Å². The van der Waals surface area contributed by atoms with Gasteiger partial charge in [-0.3, -0.25) is 4.79 Å². The third-order valence-electron chi connectivity index (χ3n) is 4.82. The Hall–Kier alpha value is -3.02. The van der Waals surface area contributed by atoms with E-state index in [0.717, 1.165) is 18.7 Å². The Labute approximate surface area is 159 Å². The molecule has 3 N–H and O–H groups in total. The van der Waals surface area contributed by atoms with E-state index in [1.807, 2.05) is 12.1 Å². The molecule has 0 aromatic heterocycles. The number of anilines is 2. The summed E-state index contributed by atoms with van der Waals surface area (Å²) in [6, 6.07) is 14.4. The molecule has 142 valence electrons. The van der Waals surface area contributed by atoms with Gasteiger partial charge >= 0.3 is 6.03 Å². The molecule has 1 aliphatic heterocycles. The summed E-state index contributed by atoms with van der Waals surface area (Å²) in [5.41, 5.74) is 8.52. The number of carbonyl (C=O) groups excluding carboxylic acids is 2. The SMILES string of the molecule is CN(Cc1ccccc1N1CCCCC1)C(=O)c1cccc(NC(N)=O)c1. The summed E-state index contributed by atoms with van der Waals surface area (Å²) in [4.78, 5) is 28.0. The normalized spacial score (nSPS) is 13.9. The maximum absolute atomic E-state index is 12.8. The fourth-order valence-electron chi connectivity index (χ4n) is 3.51. The monoisotopic (exact) mass is 366 g/mol. The van der Waals surface area contributed by atoms with Crippen LogP contribution in [0, 0.1) is 0 Å². The van der Waals surface area contributed by atoms with Crippen LogP contribution < -0.4 is 16.0 Å². The van der Waals surface area contributed by atoms with Crippen LogP contribution in [0.1, 0.15) is 35.2 Å². The van der Waals surface area contributed by atoms with Crippen LogP contribution in [0.15, 0.2) is 48.5 Å². The number of rotatable bonds is 5. The summed E-state index contributed by atoms with van der Waals surface area (Å²) in [6.07, 6.45) is 3.71. The van der Waals surface area contributed by atoms with Crippen LogP contribution >= 0.6 is 0 Å². The summed E-state index contributed by atoms with van der Waals surface area (Å²) in [6.45, 7) is 2.66. The molecule has 3 rings (SSSR count). The van der Waals surface area contributed by atoms with E-state index in [9.17, 15) is 9.59 Å². The summed E-state index contributed by atoms with van der Waals surface area (Å²) in [5.74, 6) is -0.100. The first-order chi connectivity index (χ1) is 13.0. The van der Waals surface area contributed by atoms with Crippen LogP contribution in [0.25, 0.3) is 0 Å². The average molecular weight is 366 g/mol. The number of amides is 3. The number of benzene rings is 2. The van der Waals surface area contributed by atoms with Crippen molar-refractivity contribution in [2.75, 3.05) is 30.4 Å². The van der Waals surface area contributed by atoms with E-state index in [-0.39, 0.29) is 5.91 Å². The van der Waals surface area contributed by atoms with Crippen molar-refractivity contribution in [3.8, 4) is 0 Å². The van der Waals surface area contributed by atoms with Crippen molar-refractivity contribution in [1.29, 1.82) is 0 Å². The second-order valence-electron chi connectivity index (χ2n) is 6.91. The molecule has 0 bridgehead atoms. The second kappa shape index (κ2) is 8.58. The number of para-hydroxylation sites is 1. The third-order valence-corrected chi connectivity index (χ3v) is 4.82. The minimum absolute atomic E-state index is 0.100. The molecule has 0 saturated carbocycles.